The van der Waals surface area contributed by atoms with E-state index in [1.165, 1.54) is 0 Å². The second-order valence-corrected chi connectivity index (χ2v) is 5.43. The first kappa shape index (κ1) is 12.0. The van der Waals surface area contributed by atoms with Gasteiger partial charge in [0.25, 0.3) is 0 Å². The van der Waals surface area contributed by atoms with E-state index in [1.807, 2.05) is 30.3 Å². The summed E-state index contributed by atoms with van der Waals surface area (Å²) in [6.45, 7) is 4.56. The summed E-state index contributed by atoms with van der Waals surface area (Å²) in [5.41, 5.74) is 1.72. The molecule has 1 saturated heterocycles. The van der Waals surface area contributed by atoms with Crippen molar-refractivity contribution in [1.82, 2.24) is 0 Å². The summed E-state index contributed by atoms with van der Waals surface area (Å²) >= 11 is 0. The minimum absolute atomic E-state index is 0.0847. The third-order valence-electron chi connectivity index (χ3n) is 4.11. The zero-order valence-electron chi connectivity index (χ0n) is 10.8. The van der Waals surface area contributed by atoms with E-state index in [1.54, 1.807) is 0 Å². The predicted octanol–water partition coefficient (Wildman–Crippen LogP) is 2.94. The van der Waals surface area contributed by atoms with Crippen molar-refractivity contribution in [2.45, 2.75) is 19.3 Å². The molecule has 19 heavy (non-hydrogen) atoms. The maximum Gasteiger partial charge on any atom is 0.313 e. The van der Waals surface area contributed by atoms with Crippen molar-refractivity contribution in [3.8, 4) is 11.8 Å². The minimum Gasteiger partial charge on any atom is -0.465 e. The van der Waals surface area contributed by atoms with Gasteiger partial charge in [0.15, 0.2) is 0 Å². The fourth-order valence-corrected chi connectivity index (χ4v) is 3.09. The molecule has 2 unspecified atom stereocenters. The number of ether oxygens (including phenoxy) is 1. The molecule has 1 aromatic rings. The van der Waals surface area contributed by atoms with Gasteiger partial charge >= 0.3 is 5.97 Å². The van der Waals surface area contributed by atoms with Gasteiger partial charge in [0.2, 0.25) is 0 Å². The zero-order chi connectivity index (χ0) is 13.3. The van der Waals surface area contributed by atoms with E-state index in [0.717, 1.165) is 24.0 Å². The highest BCUT2D eigenvalue weighted by atomic mass is 16.5. The second kappa shape index (κ2) is 4.59. The van der Waals surface area contributed by atoms with E-state index in [4.69, 9.17) is 4.74 Å². The van der Waals surface area contributed by atoms with Crippen molar-refractivity contribution in [3.63, 3.8) is 0 Å². The predicted molar refractivity (Wildman–Crippen MR) is 73.2 cm³/mol. The van der Waals surface area contributed by atoms with E-state index in [2.05, 4.69) is 18.4 Å². The van der Waals surface area contributed by atoms with Gasteiger partial charge in [-0.3, -0.25) is 4.79 Å². The van der Waals surface area contributed by atoms with Gasteiger partial charge in [0, 0.05) is 17.9 Å². The normalized spacial score (nSPS) is 28.5. The summed E-state index contributed by atoms with van der Waals surface area (Å²) < 4.78 is 5.23. The molecule has 2 nitrogen and oxygen atoms in total. The van der Waals surface area contributed by atoms with Crippen LogP contribution in [0.1, 0.15) is 24.8 Å². The van der Waals surface area contributed by atoms with E-state index in [9.17, 15) is 4.79 Å². The van der Waals surface area contributed by atoms with E-state index < -0.39 is 5.41 Å². The fourth-order valence-electron chi connectivity index (χ4n) is 3.09. The lowest BCUT2D eigenvalue weighted by atomic mass is 9.77. The van der Waals surface area contributed by atoms with Gasteiger partial charge in [-0.25, -0.2) is 0 Å². The van der Waals surface area contributed by atoms with E-state index in [0.29, 0.717) is 13.0 Å². The van der Waals surface area contributed by atoms with Crippen LogP contribution in [-0.4, -0.2) is 12.6 Å². The summed E-state index contributed by atoms with van der Waals surface area (Å²) in [4.78, 5) is 12.0. The standard InChI is InChI=1S/C17H16O2/c1-13-10-15-12-19-16(18)17(15,11-13)9-5-8-14-6-3-2-4-7-14/h2-4,6-7,15H,1,9-12H2. The molecule has 1 aliphatic heterocycles. The fraction of sp³-hybridized carbons (Fsp3) is 0.353. The highest BCUT2D eigenvalue weighted by Crippen LogP contribution is 2.52. The van der Waals surface area contributed by atoms with Crippen LogP contribution in [0.3, 0.4) is 0 Å². The van der Waals surface area contributed by atoms with Gasteiger partial charge in [0.05, 0.1) is 12.0 Å². The molecule has 96 valence electrons. The van der Waals surface area contributed by atoms with Crippen LogP contribution in [-0.2, 0) is 9.53 Å². The van der Waals surface area contributed by atoms with Crippen LogP contribution in [0.15, 0.2) is 42.5 Å². The van der Waals surface area contributed by atoms with Crippen molar-refractivity contribution < 1.29 is 9.53 Å². The van der Waals surface area contributed by atoms with Crippen LogP contribution < -0.4 is 0 Å². The summed E-state index contributed by atoms with van der Waals surface area (Å²) in [5, 5.41) is 0. The highest BCUT2D eigenvalue weighted by Gasteiger charge is 2.55. The largest absolute Gasteiger partial charge is 0.465 e. The third-order valence-corrected chi connectivity index (χ3v) is 4.11. The van der Waals surface area contributed by atoms with Gasteiger partial charge in [-0.05, 0) is 25.0 Å². The number of fused-ring (bicyclic) bond motifs is 1. The Morgan fingerprint density at radius 1 is 1.37 bits per heavy atom. The van der Waals surface area contributed by atoms with E-state index in [-0.39, 0.29) is 11.9 Å². The molecule has 2 aliphatic rings. The molecule has 0 N–H and O–H groups in total. The molecule has 0 amide bonds. The first-order valence-corrected chi connectivity index (χ1v) is 6.58. The Balaban J connectivity index is 1.80. The molecule has 1 aromatic carbocycles. The lowest BCUT2D eigenvalue weighted by Crippen LogP contribution is -2.28. The molecule has 1 heterocycles. The van der Waals surface area contributed by atoms with Crippen LogP contribution in [0.25, 0.3) is 0 Å². The van der Waals surface area contributed by atoms with Crippen molar-refractivity contribution in [1.29, 1.82) is 0 Å². The number of hydrogen-bond donors (Lipinski definition) is 0. The Labute approximate surface area is 113 Å². The lowest BCUT2D eigenvalue weighted by molar-refractivity contribution is -0.146. The molecule has 2 atom stereocenters. The Morgan fingerprint density at radius 2 is 2.16 bits per heavy atom. The third kappa shape index (κ3) is 2.06. The maximum atomic E-state index is 12.0. The van der Waals surface area contributed by atoms with Crippen LogP contribution in [0.2, 0.25) is 0 Å². The summed E-state index contributed by atoms with van der Waals surface area (Å²) in [5.74, 6) is 6.48. The monoisotopic (exact) mass is 252 g/mol. The van der Waals surface area contributed by atoms with Crippen molar-refractivity contribution in [2.75, 3.05) is 6.61 Å². The van der Waals surface area contributed by atoms with Crippen LogP contribution in [0.5, 0.6) is 0 Å². The van der Waals surface area contributed by atoms with Gasteiger partial charge in [-0.2, -0.15) is 0 Å². The second-order valence-electron chi connectivity index (χ2n) is 5.43. The quantitative estimate of drug-likeness (QED) is 0.436. The molecule has 2 fully saturated rings. The molecule has 0 bridgehead atoms. The van der Waals surface area contributed by atoms with Crippen LogP contribution >= 0.6 is 0 Å². The topological polar surface area (TPSA) is 26.3 Å². The number of hydrogen-bond acceptors (Lipinski definition) is 2. The molecule has 3 rings (SSSR count). The minimum atomic E-state index is -0.418. The molecule has 1 saturated carbocycles. The number of esters is 1. The number of carbonyl (C=O) groups is 1. The highest BCUT2D eigenvalue weighted by molar-refractivity contribution is 5.81. The molecule has 2 heteroatoms. The number of carbonyl (C=O) groups excluding carboxylic acids is 1. The average Bonchev–Trinajstić information content (AvgIpc) is 2.87. The number of benzene rings is 1. The van der Waals surface area contributed by atoms with Crippen molar-refractivity contribution in [2.24, 2.45) is 11.3 Å². The van der Waals surface area contributed by atoms with Gasteiger partial charge in [-0.1, -0.05) is 42.2 Å². The van der Waals surface area contributed by atoms with Gasteiger partial charge in [-0.15, -0.1) is 0 Å². The van der Waals surface area contributed by atoms with Gasteiger partial charge < -0.3 is 4.74 Å². The average molecular weight is 252 g/mol. The van der Waals surface area contributed by atoms with Crippen molar-refractivity contribution in [3.05, 3.63) is 48.0 Å². The summed E-state index contributed by atoms with van der Waals surface area (Å²) in [6, 6.07) is 9.85. The Bertz CT molecular complexity index is 576. The summed E-state index contributed by atoms with van der Waals surface area (Å²) in [6.07, 6.45) is 2.21. The maximum absolute atomic E-state index is 12.0. The molecule has 1 aliphatic carbocycles. The summed E-state index contributed by atoms with van der Waals surface area (Å²) in [7, 11) is 0. The number of cyclic esters (lactones) is 1. The SMILES string of the molecule is C=C1CC2COC(=O)C2(CC#Cc2ccccc2)C1. The zero-order valence-corrected chi connectivity index (χ0v) is 10.8. The number of allylic oxidation sites excluding steroid dienone is 1. The smallest absolute Gasteiger partial charge is 0.313 e. The molecular weight excluding hydrogens is 236 g/mol. The first-order valence-electron chi connectivity index (χ1n) is 6.58. The molecular formula is C17H16O2. The Hall–Kier alpha value is -2.01. The Morgan fingerprint density at radius 3 is 2.95 bits per heavy atom. The lowest BCUT2D eigenvalue weighted by Gasteiger charge is -2.20. The number of rotatable bonds is 1. The van der Waals surface area contributed by atoms with E-state index >= 15 is 0 Å². The first-order chi connectivity index (χ1) is 9.21. The van der Waals surface area contributed by atoms with Gasteiger partial charge in [0.1, 0.15) is 0 Å². The van der Waals surface area contributed by atoms with Crippen molar-refractivity contribution >= 4 is 5.97 Å². The molecule has 0 spiro atoms. The molecule has 0 radical (unpaired) electrons. The molecule has 0 aromatic heterocycles. The van der Waals surface area contributed by atoms with Crippen LogP contribution in [0, 0.1) is 23.2 Å². The Kier molecular flexibility index (Phi) is 2.91. The van der Waals surface area contributed by atoms with Crippen LogP contribution in [0.4, 0.5) is 0 Å².